The highest BCUT2D eigenvalue weighted by Crippen LogP contribution is 2.30. The zero-order valence-electron chi connectivity index (χ0n) is 21.4. The minimum absolute atomic E-state index is 0. The number of aromatic nitrogens is 2. The molecule has 2 aliphatic rings. The first-order valence-corrected chi connectivity index (χ1v) is 13.2. The zero-order valence-corrected chi connectivity index (χ0v) is 23.0. The van der Waals surface area contributed by atoms with Crippen molar-refractivity contribution in [3.05, 3.63) is 36.0 Å². The fraction of sp³-hybridized carbons (Fsp3) is 0.643. The molecule has 7 heteroatoms. The summed E-state index contributed by atoms with van der Waals surface area (Å²) in [5.41, 5.74) is 3.34. The molecule has 5 nitrogen and oxygen atoms in total. The number of benzene rings is 1. The fourth-order valence-electron chi connectivity index (χ4n) is 5.15. The Hall–Kier alpha value is -1.56. The number of halogens is 2. The van der Waals surface area contributed by atoms with Gasteiger partial charge in [-0.05, 0) is 89.1 Å². The van der Waals surface area contributed by atoms with Crippen LogP contribution in [0.15, 0.2) is 30.3 Å². The quantitative estimate of drug-likeness (QED) is 0.327. The number of piperidine rings is 1. The van der Waals surface area contributed by atoms with Gasteiger partial charge in [0.25, 0.3) is 0 Å². The normalized spacial score (nSPS) is 18.9. The van der Waals surface area contributed by atoms with E-state index in [0.717, 1.165) is 48.3 Å². The van der Waals surface area contributed by atoms with Crippen LogP contribution in [0.3, 0.4) is 0 Å². The summed E-state index contributed by atoms with van der Waals surface area (Å²) >= 11 is 0. The van der Waals surface area contributed by atoms with E-state index in [0.29, 0.717) is 24.6 Å². The first-order chi connectivity index (χ1) is 16.2. The van der Waals surface area contributed by atoms with Crippen molar-refractivity contribution in [1.29, 1.82) is 0 Å². The van der Waals surface area contributed by atoms with Crippen molar-refractivity contribution in [2.24, 2.45) is 0 Å². The second-order valence-corrected chi connectivity index (χ2v) is 9.82. The van der Waals surface area contributed by atoms with Crippen LogP contribution in [-0.2, 0) is 6.42 Å². The highest BCUT2D eigenvalue weighted by molar-refractivity contribution is 5.85. The van der Waals surface area contributed by atoms with Crippen LogP contribution in [0.2, 0.25) is 0 Å². The lowest BCUT2D eigenvalue weighted by Gasteiger charge is -2.32. The second kappa shape index (κ2) is 15.5. The number of hydrogen-bond acceptors (Lipinski definition) is 5. The molecule has 0 N–H and O–H groups in total. The molecule has 2 heterocycles. The molecule has 1 saturated carbocycles. The molecular formula is C28H43Cl2N3O2. The minimum Gasteiger partial charge on any atom is -0.490 e. The molecular weight excluding hydrogens is 481 g/mol. The van der Waals surface area contributed by atoms with Crippen LogP contribution in [0.25, 0.3) is 11.1 Å². The molecule has 1 aliphatic heterocycles. The van der Waals surface area contributed by atoms with Gasteiger partial charge >= 0.3 is 0 Å². The fourth-order valence-corrected chi connectivity index (χ4v) is 5.15. The summed E-state index contributed by atoms with van der Waals surface area (Å²) in [5.74, 6) is 1.60. The predicted octanol–water partition coefficient (Wildman–Crippen LogP) is 7.29. The molecule has 0 radical (unpaired) electrons. The molecule has 4 rings (SSSR count). The van der Waals surface area contributed by atoms with E-state index in [1.54, 1.807) is 0 Å². The number of likely N-dealkylation sites (tertiary alicyclic amines) is 1. The largest absolute Gasteiger partial charge is 0.490 e. The number of nitrogens with zero attached hydrogens (tertiary/aromatic N) is 3. The van der Waals surface area contributed by atoms with Gasteiger partial charge < -0.3 is 14.4 Å². The Kier molecular flexibility index (Phi) is 13.2. The standard InChI is InChI=1S/C28H41N3O2.2ClH/c1-3-4-13-27-26(22-14-16-25(17-15-22)33-24-11-6-5-7-12-24)21-28(30-29-27)32-20-18-23-10-8-9-19-31(23)2;;/h14-17,21,23-24H,3-13,18-20H2,1-2H3;2*1H/t23-;;/m0../s1. The number of unbranched alkanes of at least 4 members (excludes halogenated alkanes) is 1. The lowest BCUT2D eigenvalue weighted by Crippen LogP contribution is -2.37. The van der Waals surface area contributed by atoms with Crippen LogP contribution < -0.4 is 9.47 Å². The maximum atomic E-state index is 6.23. The average molecular weight is 525 g/mol. The van der Waals surface area contributed by atoms with E-state index in [9.17, 15) is 0 Å². The molecule has 1 aliphatic carbocycles. The molecule has 0 amide bonds. The minimum atomic E-state index is 0. The third kappa shape index (κ3) is 8.80. The molecule has 0 bridgehead atoms. The van der Waals surface area contributed by atoms with Crippen molar-refractivity contribution in [3.63, 3.8) is 0 Å². The van der Waals surface area contributed by atoms with Crippen LogP contribution >= 0.6 is 24.8 Å². The molecule has 0 unspecified atom stereocenters. The summed E-state index contributed by atoms with van der Waals surface area (Å²) in [6, 6.07) is 11.2. The molecule has 0 spiro atoms. The van der Waals surface area contributed by atoms with E-state index in [2.05, 4.69) is 59.4 Å². The highest BCUT2D eigenvalue weighted by Gasteiger charge is 2.19. The number of rotatable bonds is 10. The molecule has 2 fully saturated rings. The average Bonchev–Trinajstić information content (AvgIpc) is 2.85. The predicted molar refractivity (Wildman–Crippen MR) is 148 cm³/mol. The van der Waals surface area contributed by atoms with Crippen LogP contribution in [0.4, 0.5) is 0 Å². The Morgan fingerprint density at radius 3 is 2.40 bits per heavy atom. The van der Waals surface area contributed by atoms with Gasteiger partial charge in [-0.15, -0.1) is 29.9 Å². The maximum absolute atomic E-state index is 6.23. The molecule has 35 heavy (non-hydrogen) atoms. The molecule has 2 aromatic rings. The lowest BCUT2D eigenvalue weighted by atomic mass is 9.97. The third-order valence-corrected chi connectivity index (χ3v) is 7.26. The van der Waals surface area contributed by atoms with Crippen molar-refractivity contribution < 1.29 is 9.47 Å². The number of ether oxygens (including phenoxy) is 2. The first-order valence-electron chi connectivity index (χ1n) is 13.2. The third-order valence-electron chi connectivity index (χ3n) is 7.26. The Morgan fingerprint density at radius 1 is 0.943 bits per heavy atom. The van der Waals surface area contributed by atoms with Gasteiger partial charge in [0.15, 0.2) is 0 Å². The topological polar surface area (TPSA) is 47.5 Å². The van der Waals surface area contributed by atoms with E-state index in [1.165, 1.54) is 57.9 Å². The Bertz CT molecular complexity index is 860. The first kappa shape index (κ1) is 29.7. The summed E-state index contributed by atoms with van der Waals surface area (Å²) in [6.45, 7) is 4.09. The number of aryl methyl sites for hydroxylation is 1. The van der Waals surface area contributed by atoms with Gasteiger partial charge in [0.05, 0.1) is 18.4 Å². The summed E-state index contributed by atoms with van der Waals surface area (Å²) in [5, 5.41) is 8.98. The van der Waals surface area contributed by atoms with Crippen LogP contribution in [0.1, 0.15) is 83.2 Å². The smallest absolute Gasteiger partial charge is 0.234 e. The van der Waals surface area contributed by atoms with Crippen molar-refractivity contribution in [2.75, 3.05) is 20.2 Å². The van der Waals surface area contributed by atoms with Crippen LogP contribution in [0.5, 0.6) is 11.6 Å². The molecule has 196 valence electrons. The summed E-state index contributed by atoms with van der Waals surface area (Å²) < 4.78 is 12.3. The van der Waals surface area contributed by atoms with Gasteiger partial charge in [0.2, 0.25) is 5.88 Å². The molecule has 1 atom stereocenters. The van der Waals surface area contributed by atoms with E-state index in [4.69, 9.17) is 9.47 Å². The van der Waals surface area contributed by atoms with Crippen LogP contribution in [0, 0.1) is 0 Å². The Morgan fingerprint density at radius 2 is 1.69 bits per heavy atom. The van der Waals surface area contributed by atoms with E-state index in [1.807, 2.05) is 0 Å². The van der Waals surface area contributed by atoms with E-state index < -0.39 is 0 Å². The van der Waals surface area contributed by atoms with Crippen molar-refractivity contribution in [3.8, 4) is 22.8 Å². The molecule has 1 aromatic carbocycles. The summed E-state index contributed by atoms with van der Waals surface area (Å²) in [4.78, 5) is 2.47. The zero-order chi connectivity index (χ0) is 22.9. The summed E-state index contributed by atoms with van der Waals surface area (Å²) in [6.07, 6.45) is 14.8. The lowest BCUT2D eigenvalue weighted by molar-refractivity contribution is 0.151. The second-order valence-electron chi connectivity index (χ2n) is 9.82. The Labute approximate surface area is 224 Å². The van der Waals surface area contributed by atoms with Gasteiger partial charge in [-0.2, -0.15) is 5.10 Å². The Balaban J connectivity index is 0.00000216. The van der Waals surface area contributed by atoms with Crippen LogP contribution in [-0.4, -0.2) is 47.4 Å². The maximum Gasteiger partial charge on any atom is 0.234 e. The van der Waals surface area contributed by atoms with Crippen molar-refractivity contribution in [1.82, 2.24) is 15.1 Å². The van der Waals surface area contributed by atoms with Gasteiger partial charge in [0.1, 0.15) is 5.75 Å². The summed E-state index contributed by atoms with van der Waals surface area (Å²) in [7, 11) is 2.23. The SMILES string of the molecule is CCCCc1nnc(OCC[C@@H]2CCCCN2C)cc1-c1ccc(OC2CCCCC2)cc1.Cl.Cl. The van der Waals surface area contributed by atoms with Crippen molar-refractivity contribution >= 4 is 24.8 Å². The van der Waals surface area contributed by atoms with Gasteiger partial charge in [-0.1, -0.05) is 38.3 Å². The van der Waals surface area contributed by atoms with Gasteiger partial charge in [-0.3, -0.25) is 0 Å². The highest BCUT2D eigenvalue weighted by atomic mass is 35.5. The van der Waals surface area contributed by atoms with E-state index in [-0.39, 0.29) is 24.8 Å². The molecule has 1 saturated heterocycles. The number of hydrogen-bond donors (Lipinski definition) is 0. The van der Waals surface area contributed by atoms with Gasteiger partial charge in [-0.25, -0.2) is 0 Å². The monoisotopic (exact) mass is 523 g/mol. The van der Waals surface area contributed by atoms with Gasteiger partial charge in [0, 0.05) is 17.7 Å². The molecule has 1 aromatic heterocycles. The van der Waals surface area contributed by atoms with Crippen molar-refractivity contribution in [2.45, 2.75) is 96.1 Å². The van der Waals surface area contributed by atoms with E-state index >= 15 is 0 Å².